The van der Waals surface area contributed by atoms with E-state index in [9.17, 15) is 9.59 Å². The van der Waals surface area contributed by atoms with Gasteiger partial charge in [-0.15, -0.1) is 0 Å². The van der Waals surface area contributed by atoms with Crippen LogP contribution < -0.4 is 22.1 Å². The number of nitrogens with two attached hydrogens (primary N) is 2. The van der Waals surface area contributed by atoms with Crippen molar-refractivity contribution >= 4 is 22.7 Å². The first kappa shape index (κ1) is 19.0. The zero-order valence-corrected chi connectivity index (χ0v) is 14.5. The Bertz CT molecular complexity index is 712. The number of aromatic amines is 1. The predicted molar refractivity (Wildman–Crippen MR) is 98.6 cm³/mol. The van der Waals surface area contributed by atoms with Crippen LogP contribution in [0.1, 0.15) is 25.3 Å². The summed E-state index contributed by atoms with van der Waals surface area (Å²) in [6, 6.07) is 7.10. The first-order valence-corrected chi connectivity index (χ1v) is 8.58. The highest BCUT2D eigenvalue weighted by molar-refractivity contribution is 5.89. The molecule has 136 valence electrons. The highest BCUT2D eigenvalue weighted by Gasteiger charge is 2.22. The number of para-hydroxylation sites is 1. The van der Waals surface area contributed by atoms with Gasteiger partial charge < -0.3 is 27.1 Å². The average Bonchev–Trinajstić information content (AvgIpc) is 3.01. The van der Waals surface area contributed by atoms with E-state index < -0.39 is 11.9 Å². The maximum atomic E-state index is 12.3. The molecule has 0 bridgehead atoms. The number of hydrogen-bond donors (Lipinski definition) is 5. The van der Waals surface area contributed by atoms with Crippen molar-refractivity contribution in [3.63, 3.8) is 0 Å². The van der Waals surface area contributed by atoms with E-state index in [0.29, 0.717) is 13.1 Å². The van der Waals surface area contributed by atoms with Crippen LogP contribution in [0.2, 0.25) is 0 Å². The summed E-state index contributed by atoms with van der Waals surface area (Å²) >= 11 is 0. The first-order valence-electron chi connectivity index (χ1n) is 8.58. The second-order valence-corrected chi connectivity index (χ2v) is 6.27. The van der Waals surface area contributed by atoms with E-state index in [1.54, 1.807) is 0 Å². The van der Waals surface area contributed by atoms with Gasteiger partial charge in [-0.2, -0.15) is 0 Å². The molecule has 0 radical (unpaired) electrons. The Hall–Kier alpha value is -2.38. The molecule has 1 heterocycles. The van der Waals surface area contributed by atoms with Gasteiger partial charge in [-0.3, -0.25) is 9.59 Å². The summed E-state index contributed by atoms with van der Waals surface area (Å²) in [5, 5.41) is 6.84. The number of primary amides is 1. The van der Waals surface area contributed by atoms with Crippen LogP contribution in [-0.4, -0.2) is 36.1 Å². The minimum atomic E-state index is -0.726. The third kappa shape index (κ3) is 5.30. The van der Waals surface area contributed by atoms with Gasteiger partial charge >= 0.3 is 0 Å². The number of fused-ring (bicyclic) bond motifs is 1. The molecule has 0 aliphatic carbocycles. The second kappa shape index (κ2) is 9.19. The van der Waals surface area contributed by atoms with Crippen LogP contribution in [0.15, 0.2) is 30.5 Å². The third-order valence-corrected chi connectivity index (χ3v) is 4.34. The Morgan fingerprint density at radius 3 is 2.76 bits per heavy atom. The summed E-state index contributed by atoms with van der Waals surface area (Å²) in [7, 11) is 0. The number of benzene rings is 1. The minimum Gasteiger partial charge on any atom is -0.368 e. The van der Waals surface area contributed by atoms with Crippen LogP contribution in [0.3, 0.4) is 0 Å². The van der Waals surface area contributed by atoms with Gasteiger partial charge in [0.05, 0.1) is 0 Å². The maximum Gasteiger partial charge on any atom is 0.240 e. The molecule has 7 nitrogen and oxygen atoms in total. The number of carbonyl (C=O) groups excluding carboxylic acids is 2. The average molecular weight is 345 g/mol. The van der Waals surface area contributed by atoms with Gasteiger partial charge in [-0.05, 0) is 31.0 Å². The second-order valence-electron chi connectivity index (χ2n) is 6.27. The summed E-state index contributed by atoms with van der Waals surface area (Å²) in [6.45, 7) is 3.04. The summed E-state index contributed by atoms with van der Waals surface area (Å²) in [6.07, 6.45) is 3.79. The van der Waals surface area contributed by atoms with Crippen molar-refractivity contribution in [2.45, 2.75) is 32.2 Å². The van der Waals surface area contributed by atoms with Gasteiger partial charge in [0, 0.05) is 36.1 Å². The van der Waals surface area contributed by atoms with E-state index in [1.165, 1.54) is 0 Å². The molecule has 0 saturated carbocycles. The zero-order valence-electron chi connectivity index (χ0n) is 14.5. The van der Waals surface area contributed by atoms with E-state index in [4.69, 9.17) is 11.5 Å². The van der Waals surface area contributed by atoms with Gasteiger partial charge in [0.1, 0.15) is 6.04 Å². The molecule has 0 aliphatic heterocycles. The molecule has 1 aromatic heterocycles. The molecule has 2 rings (SSSR count). The quantitative estimate of drug-likeness (QED) is 0.319. The Labute approximate surface area is 147 Å². The van der Waals surface area contributed by atoms with E-state index in [2.05, 4.69) is 15.6 Å². The molecule has 25 heavy (non-hydrogen) atoms. The lowest BCUT2D eigenvalue weighted by molar-refractivity contribution is -0.129. The Morgan fingerprint density at radius 1 is 1.28 bits per heavy atom. The normalized spacial score (nSPS) is 13.5. The summed E-state index contributed by atoms with van der Waals surface area (Å²) in [4.78, 5) is 27.3. The largest absolute Gasteiger partial charge is 0.368 e. The smallest absolute Gasteiger partial charge is 0.240 e. The van der Waals surface area contributed by atoms with Gasteiger partial charge in [-0.25, -0.2) is 0 Å². The van der Waals surface area contributed by atoms with Gasteiger partial charge in [0.25, 0.3) is 0 Å². The van der Waals surface area contributed by atoms with E-state index >= 15 is 0 Å². The molecule has 0 fully saturated rings. The van der Waals surface area contributed by atoms with E-state index in [0.717, 1.165) is 35.9 Å². The molecular weight excluding hydrogens is 318 g/mol. The molecule has 7 N–H and O–H groups in total. The van der Waals surface area contributed by atoms with Crippen LogP contribution in [0, 0.1) is 5.92 Å². The predicted octanol–water partition coefficient (Wildman–Crippen LogP) is 0.603. The molecule has 2 unspecified atom stereocenters. The molecule has 7 heteroatoms. The number of nitrogens with one attached hydrogen (secondary N) is 3. The minimum absolute atomic E-state index is 0.156. The van der Waals surface area contributed by atoms with Crippen molar-refractivity contribution < 1.29 is 9.59 Å². The Kier molecular flexibility index (Phi) is 6.97. The Balaban J connectivity index is 1.96. The summed E-state index contributed by atoms with van der Waals surface area (Å²) in [5.41, 5.74) is 12.8. The standard InChI is InChI=1S/C18H27N5O2/c1-12(5-4-8-21-11-19)18(25)23-16(17(20)24)9-13-10-22-15-7-3-2-6-14(13)15/h2-3,6-7,10,12,16,21-22H,4-5,8-9,11,19H2,1H3,(H2,20,24)(H,23,25). The molecule has 1 aromatic carbocycles. The molecule has 2 atom stereocenters. The molecular formula is C18H27N5O2. The Morgan fingerprint density at radius 2 is 2.04 bits per heavy atom. The maximum absolute atomic E-state index is 12.3. The number of rotatable bonds is 10. The van der Waals surface area contributed by atoms with Crippen LogP contribution in [0.5, 0.6) is 0 Å². The van der Waals surface area contributed by atoms with Crippen LogP contribution in [0.25, 0.3) is 10.9 Å². The topological polar surface area (TPSA) is 126 Å². The lowest BCUT2D eigenvalue weighted by Gasteiger charge is -2.18. The van der Waals surface area contributed by atoms with E-state index in [1.807, 2.05) is 37.4 Å². The van der Waals surface area contributed by atoms with Crippen molar-refractivity contribution in [1.29, 1.82) is 0 Å². The summed E-state index contributed by atoms with van der Waals surface area (Å²) in [5.74, 6) is -0.878. The molecule has 0 saturated heterocycles. The highest BCUT2D eigenvalue weighted by atomic mass is 16.2. The lowest BCUT2D eigenvalue weighted by atomic mass is 10.0. The van der Waals surface area contributed by atoms with Gasteiger partial charge in [-0.1, -0.05) is 25.1 Å². The number of H-pyrrole nitrogens is 1. The molecule has 2 amide bonds. The fourth-order valence-electron chi connectivity index (χ4n) is 2.82. The lowest BCUT2D eigenvalue weighted by Crippen LogP contribution is -2.47. The molecule has 0 spiro atoms. The monoisotopic (exact) mass is 345 g/mol. The fourth-order valence-corrected chi connectivity index (χ4v) is 2.82. The highest BCUT2D eigenvalue weighted by Crippen LogP contribution is 2.19. The number of carbonyl (C=O) groups is 2. The first-order chi connectivity index (χ1) is 12.0. The molecule has 0 aliphatic rings. The van der Waals surface area contributed by atoms with Crippen molar-refractivity contribution in [3.8, 4) is 0 Å². The van der Waals surface area contributed by atoms with Crippen molar-refractivity contribution in [2.24, 2.45) is 17.4 Å². The summed E-state index contributed by atoms with van der Waals surface area (Å²) < 4.78 is 0. The van der Waals surface area contributed by atoms with Crippen molar-refractivity contribution in [3.05, 3.63) is 36.0 Å². The number of amides is 2. The zero-order chi connectivity index (χ0) is 18.2. The van der Waals surface area contributed by atoms with Gasteiger partial charge in [0.2, 0.25) is 11.8 Å². The third-order valence-electron chi connectivity index (χ3n) is 4.34. The van der Waals surface area contributed by atoms with Crippen LogP contribution >= 0.6 is 0 Å². The van der Waals surface area contributed by atoms with Crippen molar-refractivity contribution in [2.75, 3.05) is 13.2 Å². The molecule has 2 aromatic rings. The van der Waals surface area contributed by atoms with Crippen molar-refractivity contribution in [1.82, 2.24) is 15.6 Å². The van der Waals surface area contributed by atoms with Gasteiger partial charge in [0.15, 0.2) is 0 Å². The number of aromatic nitrogens is 1. The fraction of sp³-hybridized carbons (Fsp3) is 0.444. The van der Waals surface area contributed by atoms with E-state index in [-0.39, 0.29) is 11.8 Å². The van der Waals surface area contributed by atoms with Crippen LogP contribution in [0.4, 0.5) is 0 Å². The number of hydrogen-bond acceptors (Lipinski definition) is 4. The SMILES string of the molecule is CC(CCCNCN)C(=O)NC(Cc1c[nH]c2ccccc12)C(N)=O. The van der Waals surface area contributed by atoms with Crippen LogP contribution in [-0.2, 0) is 16.0 Å².